The fraction of sp³-hybridized carbons (Fsp3) is 0.427. The molecule has 26 nitrogen and oxygen atoms in total. The third kappa shape index (κ3) is 16.4. The molecule has 0 saturated carbocycles. The van der Waals surface area contributed by atoms with Crippen molar-refractivity contribution in [3.05, 3.63) is 298 Å². The van der Waals surface area contributed by atoms with Crippen LogP contribution in [0.25, 0.3) is 14.5 Å². The lowest BCUT2D eigenvalue weighted by molar-refractivity contribution is -0.306. The van der Waals surface area contributed by atoms with Crippen molar-refractivity contribution in [1.29, 1.82) is 0 Å². The number of guanidine groups is 1. The number of hydrogen-bond acceptors (Lipinski definition) is 16. The van der Waals surface area contributed by atoms with Gasteiger partial charge in [0.05, 0.1) is 77.9 Å². The van der Waals surface area contributed by atoms with Gasteiger partial charge in [-0.2, -0.15) is 0 Å². The Bertz CT molecular complexity index is 5660. The Labute approximate surface area is 780 Å². The van der Waals surface area contributed by atoms with Gasteiger partial charge in [-0.3, -0.25) is 44.0 Å². The van der Waals surface area contributed by atoms with Crippen LogP contribution in [0.3, 0.4) is 0 Å². The van der Waals surface area contributed by atoms with Gasteiger partial charge in [-0.1, -0.05) is 174 Å². The third-order valence-electron chi connectivity index (χ3n) is 29.8. The molecule has 8 aliphatic carbocycles. The minimum absolute atomic E-state index is 0. The number of nitrogens with two attached hydrogens (primary N) is 1. The Morgan fingerprint density at radius 3 is 1.02 bits per heavy atom. The van der Waals surface area contributed by atoms with E-state index in [9.17, 15) is 28.8 Å². The van der Waals surface area contributed by atoms with E-state index in [1.54, 1.807) is 59.0 Å². The van der Waals surface area contributed by atoms with Crippen LogP contribution in [-0.4, -0.2) is 164 Å². The number of benzene rings is 8. The van der Waals surface area contributed by atoms with E-state index in [0.29, 0.717) is 61.7 Å². The fourth-order valence-electron chi connectivity index (χ4n) is 23.5. The summed E-state index contributed by atoms with van der Waals surface area (Å²) in [6.07, 6.45) is 17.2. The summed E-state index contributed by atoms with van der Waals surface area (Å²) < 4.78 is 21.7. The zero-order valence-corrected chi connectivity index (χ0v) is 78.0. The molecule has 3 fully saturated rings. The molecule has 4 heterocycles. The molecule has 4 atom stereocenters. The number of ether oxygens (including phenoxy) is 4. The molecule has 8 spiro atoms. The molecule has 28 heteroatoms. The number of nitrogens with zero attached hydrogens (tertiary/aromatic N) is 8. The highest BCUT2D eigenvalue weighted by Crippen LogP contribution is 2.65. The Morgan fingerprint density at radius 1 is 0.412 bits per heavy atom. The van der Waals surface area contributed by atoms with Gasteiger partial charge in [0.1, 0.15) is 5.54 Å². The summed E-state index contributed by atoms with van der Waals surface area (Å²) in [6.45, 7) is 30.5. The molecule has 8 aromatic rings. The first kappa shape index (κ1) is 95.6. The van der Waals surface area contributed by atoms with Crippen LogP contribution in [0, 0.1) is 41.4 Å². The van der Waals surface area contributed by atoms with Crippen LogP contribution in [0.2, 0.25) is 0 Å². The number of aryl methyl sites for hydroxylation is 8. The highest BCUT2D eigenvalue weighted by Gasteiger charge is 2.71. The molecular weight excluding hydrogens is 1740 g/mol. The largest absolute Gasteiger partial charge is 0.412 e. The minimum Gasteiger partial charge on any atom is -0.412 e. The number of amides is 8. The SMILES string of the molecule is CC(C)(C)OO.COCCN1C(=O)NC2(C1=O)c1cc(Br)ccc1CC21CCc2ccccc2CC1.N.O.[C-]#[N+]c1ccc2c(c1)C1(N=C(N)N(CCOC)C1=O)C1(CCc3ccccc3CC1)C2.[C-]#[N+]c1ccc2c(c1)C1(NC(=O)N(CCOC)C1=O)C1(CCc3ccccc3CC1)C2.[C-]#[N+]c1ccc2c(c1)C1(NC(=S)N(CCOC)C1=O)C1(CCc3ccccc3CC1)C2. The van der Waals surface area contributed by atoms with Crippen molar-refractivity contribution in [2.24, 2.45) is 32.4 Å². The Balaban J connectivity index is 0.000000137. The van der Waals surface area contributed by atoms with E-state index < -0.39 is 33.2 Å². The van der Waals surface area contributed by atoms with Crippen molar-refractivity contribution < 1.29 is 63.3 Å². The van der Waals surface area contributed by atoms with Crippen molar-refractivity contribution in [3.63, 3.8) is 0 Å². The predicted octanol–water partition coefficient (Wildman–Crippen LogP) is 15.6. The first-order valence-corrected chi connectivity index (χ1v) is 45.9. The lowest BCUT2D eigenvalue weighted by Crippen LogP contribution is -2.55. The van der Waals surface area contributed by atoms with Gasteiger partial charge < -0.3 is 52.3 Å². The van der Waals surface area contributed by atoms with E-state index in [-0.39, 0.29) is 82.6 Å². The van der Waals surface area contributed by atoms with Gasteiger partial charge in [0.2, 0.25) is 0 Å². The highest BCUT2D eigenvalue weighted by molar-refractivity contribution is 9.10. The van der Waals surface area contributed by atoms with Gasteiger partial charge >= 0.3 is 12.1 Å². The summed E-state index contributed by atoms with van der Waals surface area (Å²) in [7, 11) is 6.38. The number of thiocarbonyl (C=S) groups is 1. The van der Waals surface area contributed by atoms with E-state index >= 15 is 0 Å². The Hall–Kier alpha value is -11.4. The van der Waals surface area contributed by atoms with Crippen molar-refractivity contribution in [3.8, 4) is 0 Å². The number of nitrogens with one attached hydrogen (secondary N) is 3. The number of hydrogen-bond donors (Lipinski definition) is 6. The van der Waals surface area contributed by atoms with E-state index in [1.807, 2.05) is 66.7 Å². The summed E-state index contributed by atoms with van der Waals surface area (Å²) in [4.78, 5) is 108. The molecule has 131 heavy (non-hydrogen) atoms. The molecule has 0 radical (unpaired) electrons. The number of halogens is 1. The van der Waals surface area contributed by atoms with Gasteiger partial charge in [-0.15, -0.1) is 0 Å². The molecular formula is C103H116BrN13O13S. The molecule has 11 N–H and O–H groups in total. The second kappa shape index (κ2) is 38.4. The number of methoxy groups -OCH3 is 4. The smallest absolute Gasteiger partial charge is 0.325 e. The third-order valence-corrected chi connectivity index (χ3v) is 30.7. The van der Waals surface area contributed by atoms with Gasteiger partial charge in [0.25, 0.3) is 23.6 Å². The van der Waals surface area contributed by atoms with Gasteiger partial charge in [-0.25, -0.2) is 34.0 Å². The van der Waals surface area contributed by atoms with Crippen molar-refractivity contribution in [1.82, 2.24) is 41.7 Å². The quantitative estimate of drug-likeness (QED) is 0.0218. The molecule has 12 aliphatic rings. The summed E-state index contributed by atoms with van der Waals surface area (Å²) in [6, 6.07) is 56.8. The lowest BCUT2D eigenvalue weighted by atomic mass is 9.65. The normalized spacial score (nSPS) is 22.7. The zero-order valence-electron chi connectivity index (χ0n) is 75.6. The van der Waals surface area contributed by atoms with Crippen molar-refractivity contribution >= 4 is 92.0 Å². The molecule has 684 valence electrons. The summed E-state index contributed by atoms with van der Waals surface area (Å²) >= 11 is 9.25. The molecule has 4 unspecified atom stereocenters. The van der Waals surface area contributed by atoms with Gasteiger partial charge in [0.15, 0.2) is 44.8 Å². The second-order valence-electron chi connectivity index (χ2n) is 37.3. The average Bonchev–Trinajstić information content (AvgIpc) is 1.54. The van der Waals surface area contributed by atoms with Crippen LogP contribution < -0.4 is 27.8 Å². The van der Waals surface area contributed by atoms with E-state index in [4.69, 9.17) is 66.9 Å². The molecule has 4 aliphatic heterocycles. The second-order valence-corrected chi connectivity index (χ2v) is 38.6. The molecule has 0 aromatic heterocycles. The maximum atomic E-state index is 14.1. The monoisotopic (exact) mass is 1850 g/mol. The summed E-state index contributed by atoms with van der Waals surface area (Å²) in [5.41, 5.74) is 20.8. The average molecular weight is 1860 g/mol. The standard InChI is InChI=1S/C25H26N4O2.C25H25N3O3.C25H25N3O2S.C24H25BrN2O3.C4H10O2.H3N.H2O/c1-27-20-8-7-19-16-24(11-9-17-5-3-4-6-18(17)10-12-24)25(21(19)15-20)22(30)29(13-14-31-2)23(26)28-25;1-26-20-8-7-19-16-24(11-9-17-5-3-4-6-18(17)10-12-24)25(21(19)15-20)22(29)28(13-14-31-2)23(30)27-25;1-26-20-8-7-19-16-24(11-9-17-5-3-4-6-18(17)10-12-24)25(21(19)15-20)22(29)28(13-14-30-2)23(31)27-25;1-30-13-12-27-21(28)24(26-22(27)29)20-14-19(25)7-6-18(20)15-23(24)10-8-16-4-2-3-5-17(16)9-11-23;1-4(2,3)6-5;;/h3-8,15H,9-14,16H2,2H3,(H2,26,28);3-8,15H,9-14,16H2,2H3,(H,27,30);3-8,15H,9-14,16H2,2H3,(H,27,31);2-7,14H,8-13,15H2,1H3,(H,26,29);5H,1-3H3;1H3;1H2. The number of fused-ring (bicyclic) bond motifs is 16. The van der Waals surface area contributed by atoms with Gasteiger partial charge in [0, 0.05) is 54.6 Å². The molecule has 0 bridgehead atoms. The first-order valence-electron chi connectivity index (χ1n) is 44.7. The Morgan fingerprint density at radius 2 is 0.687 bits per heavy atom. The number of carbonyl (C=O) groups excluding carboxylic acids is 6. The fourth-order valence-corrected chi connectivity index (χ4v) is 24.1. The lowest BCUT2D eigenvalue weighted by Gasteiger charge is -2.42. The topological polar surface area (TPSA) is 336 Å². The highest BCUT2D eigenvalue weighted by atomic mass is 79.9. The Kier molecular flexibility index (Phi) is 28.0. The summed E-state index contributed by atoms with van der Waals surface area (Å²) in [5.74, 6) is -0.159. The molecule has 3 saturated heterocycles. The van der Waals surface area contributed by atoms with Crippen molar-refractivity contribution in [2.45, 2.75) is 177 Å². The van der Waals surface area contributed by atoms with E-state index in [2.05, 4.69) is 154 Å². The van der Waals surface area contributed by atoms with Crippen LogP contribution in [0.5, 0.6) is 0 Å². The van der Waals surface area contributed by atoms with E-state index in [1.165, 1.54) is 54.3 Å². The van der Waals surface area contributed by atoms with Gasteiger partial charge in [-0.05, 0) is 263 Å². The van der Waals surface area contributed by atoms with Crippen molar-refractivity contribution in [2.75, 3.05) is 81.0 Å². The van der Waals surface area contributed by atoms with Crippen LogP contribution in [0.15, 0.2) is 179 Å². The number of aliphatic imine (C=N–C) groups is 1. The maximum absolute atomic E-state index is 14.1. The summed E-state index contributed by atoms with van der Waals surface area (Å²) in [5, 5.41) is 18.2. The minimum atomic E-state index is -1.13. The first-order chi connectivity index (χ1) is 62.2. The number of rotatable bonds is 12. The number of urea groups is 2. The molecule has 20 rings (SSSR count). The van der Waals surface area contributed by atoms with Crippen LogP contribution in [-0.2, 0) is 142 Å². The zero-order chi connectivity index (χ0) is 91.1. The van der Waals surface area contributed by atoms with Crippen LogP contribution >= 0.6 is 28.1 Å². The molecule has 8 aromatic carbocycles. The number of carbonyl (C=O) groups is 6. The van der Waals surface area contributed by atoms with Crippen LogP contribution in [0.4, 0.5) is 26.7 Å². The number of imide groups is 2. The predicted molar refractivity (Wildman–Crippen MR) is 507 cm³/mol. The van der Waals surface area contributed by atoms with Crippen LogP contribution in [0.1, 0.15) is 161 Å². The van der Waals surface area contributed by atoms with E-state index in [0.717, 1.165) is 177 Å². The molecule has 8 amide bonds. The maximum Gasteiger partial charge on any atom is 0.325 e.